The van der Waals surface area contributed by atoms with Crippen LogP contribution in [0.1, 0.15) is 25.0 Å². The van der Waals surface area contributed by atoms with Crippen LogP contribution in [0.5, 0.6) is 11.5 Å². The molecule has 2 aromatic carbocycles. The van der Waals surface area contributed by atoms with Gasteiger partial charge in [-0.25, -0.2) is 0 Å². The second-order valence-electron chi connectivity index (χ2n) is 5.09. The second-order valence-corrected chi connectivity index (χ2v) is 7.06. The van der Waals surface area contributed by atoms with Gasteiger partial charge in [-0.1, -0.05) is 50.2 Å². The maximum atomic E-state index is 6.11. The van der Waals surface area contributed by atoms with Gasteiger partial charge in [0.1, 0.15) is 11.5 Å². The third-order valence-electron chi connectivity index (χ3n) is 2.99. The zero-order chi connectivity index (χ0) is 14.5. The molecular weight excluding hydrogens is 267 g/mol. The van der Waals surface area contributed by atoms with Crippen molar-refractivity contribution in [2.45, 2.75) is 33.4 Å². The van der Waals surface area contributed by atoms with Crippen molar-refractivity contribution >= 4 is 8.38 Å². The fourth-order valence-corrected chi connectivity index (χ4v) is 3.00. The predicted molar refractivity (Wildman–Crippen MR) is 85.7 cm³/mol. The molecule has 2 aromatic rings. The highest BCUT2D eigenvalue weighted by molar-refractivity contribution is 7.48. The Hall–Kier alpha value is -1.53. The van der Waals surface area contributed by atoms with Crippen LogP contribution in [0.25, 0.3) is 0 Å². The number of aryl methyl sites for hydroxylation is 2. The molecule has 0 atom stereocenters. The molecule has 0 aromatic heterocycles. The standard InChI is InChI=1S/C17H21O2P/c1-13(2)20(18-16-11-7-5-9-14(16)3)19-17-12-8-6-10-15(17)4/h5-13H,1-4H3. The quantitative estimate of drug-likeness (QED) is 0.678. The summed E-state index contributed by atoms with van der Waals surface area (Å²) in [6, 6.07) is 16.1. The summed E-state index contributed by atoms with van der Waals surface area (Å²) in [6.07, 6.45) is 0. The summed E-state index contributed by atoms with van der Waals surface area (Å²) in [4.78, 5) is 0. The van der Waals surface area contributed by atoms with Crippen molar-refractivity contribution in [3.63, 3.8) is 0 Å². The highest BCUT2D eigenvalue weighted by atomic mass is 31.2. The van der Waals surface area contributed by atoms with Gasteiger partial charge in [0, 0.05) is 5.66 Å². The van der Waals surface area contributed by atoms with Gasteiger partial charge in [-0.15, -0.1) is 0 Å². The van der Waals surface area contributed by atoms with Crippen molar-refractivity contribution in [1.29, 1.82) is 0 Å². The molecule has 0 fully saturated rings. The summed E-state index contributed by atoms with van der Waals surface area (Å²) < 4.78 is 12.2. The Balaban J connectivity index is 2.16. The van der Waals surface area contributed by atoms with E-state index in [9.17, 15) is 0 Å². The lowest BCUT2D eigenvalue weighted by atomic mass is 10.2. The fourth-order valence-electron chi connectivity index (χ4n) is 1.74. The Labute approximate surface area is 122 Å². The van der Waals surface area contributed by atoms with Gasteiger partial charge in [-0.05, 0) is 37.1 Å². The van der Waals surface area contributed by atoms with E-state index in [0.29, 0.717) is 5.66 Å². The lowest BCUT2D eigenvalue weighted by Crippen LogP contribution is -2.06. The minimum Gasteiger partial charge on any atom is -0.438 e. The summed E-state index contributed by atoms with van der Waals surface area (Å²) in [5, 5.41) is 0. The monoisotopic (exact) mass is 288 g/mol. The van der Waals surface area contributed by atoms with Gasteiger partial charge in [-0.3, -0.25) is 0 Å². The van der Waals surface area contributed by atoms with Crippen LogP contribution in [0.3, 0.4) is 0 Å². The number of rotatable bonds is 5. The van der Waals surface area contributed by atoms with Crippen LogP contribution in [-0.2, 0) is 0 Å². The van der Waals surface area contributed by atoms with E-state index >= 15 is 0 Å². The highest BCUT2D eigenvalue weighted by Gasteiger charge is 2.20. The molecule has 0 heterocycles. The van der Waals surface area contributed by atoms with E-state index in [2.05, 4.69) is 39.8 Å². The largest absolute Gasteiger partial charge is 0.438 e. The first-order valence-corrected chi connectivity index (χ1v) is 8.09. The summed E-state index contributed by atoms with van der Waals surface area (Å²) >= 11 is 0. The molecule has 0 amide bonds. The first kappa shape index (κ1) is 14.9. The van der Waals surface area contributed by atoms with Crippen molar-refractivity contribution in [1.82, 2.24) is 0 Å². The molecule has 0 radical (unpaired) electrons. The molecule has 2 rings (SSSR count). The van der Waals surface area contributed by atoms with Crippen LogP contribution in [0.2, 0.25) is 0 Å². The molecule has 0 bridgehead atoms. The molecule has 2 nitrogen and oxygen atoms in total. The molecule has 106 valence electrons. The van der Waals surface area contributed by atoms with Gasteiger partial charge in [-0.2, -0.15) is 0 Å². The molecular formula is C17H21O2P. The van der Waals surface area contributed by atoms with Crippen molar-refractivity contribution < 1.29 is 9.05 Å². The van der Waals surface area contributed by atoms with Crippen molar-refractivity contribution in [3.05, 3.63) is 59.7 Å². The Morgan fingerprint density at radius 2 is 1.15 bits per heavy atom. The lowest BCUT2D eigenvalue weighted by Gasteiger charge is -2.23. The van der Waals surface area contributed by atoms with Gasteiger partial charge in [0.25, 0.3) is 8.38 Å². The Morgan fingerprint density at radius 3 is 1.50 bits per heavy atom. The van der Waals surface area contributed by atoms with E-state index in [-0.39, 0.29) is 0 Å². The molecule has 3 heteroatoms. The van der Waals surface area contributed by atoms with Gasteiger partial charge < -0.3 is 9.05 Å². The van der Waals surface area contributed by atoms with Crippen molar-refractivity contribution in [3.8, 4) is 11.5 Å². The van der Waals surface area contributed by atoms with Gasteiger partial charge in [0.05, 0.1) is 0 Å². The van der Waals surface area contributed by atoms with Gasteiger partial charge in [0.15, 0.2) is 0 Å². The van der Waals surface area contributed by atoms with Crippen LogP contribution in [0.15, 0.2) is 48.5 Å². The Kier molecular flexibility index (Phi) is 5.03. The number of hydrogen-bond acceptors (Lipinski definition) is 2. The van der Waals surface area contributed by atoms with Crippen LogP contribution in [-0.4, -0.2) is 5.66 Å². The molecule has 20 heavy (non-hydrogen) atoms. The zero-order valence-corrected chi connectivity index (χ0v) is 13.4. The average Bonchev–Trinajstić information content (AvgIpc) is 2.42. The summed E-state index contributed by atoms with van der Waals surface area (Å²) in [5.41, 5.74) is 2.59. The smallest absolute Gasteiger partial charge is 0.293 e. The van der Waals surface area contributed by atoms with Crippen molar-refractivity contribution in [2.75, 3.05) is 0 Å². The normalized spacial score (nSPS) is 10.9. The zero-order valence-electron chi connectivity index (χ0n) is 12.5. The van der Waals surface area contributed by atoms with E-state index in [4.69, 9.17) is 9.05 Å². The molecule has 0 N–H and O–H groups in total. The molecule has 0 aliphatic carbocycles. The van der Waals surface area contributed by atoms with E-state index in [1.807, 2.05) is 36.4 Å². The molecule has 0 aliphatic rings. The summed E-state index contributed by atoms with van der Waals surface area (Å²) in [6.45, 7) is 8.36. The molecule has 0 unspecified atom stereocenters. The van der Waals surface area contributed by atoms with E-state index in [0.717, 1.165) is 22.6 Å². The fraction of sp³-hybridized carbons (Fsp3) is 0.294. The first-order valence-electron chi connectivity index (χ1n) is 6.84. The minimum atomic E-state index is -1.00. The van der Waals surface area contributed by atoms with Crippen LogP contribution in [0.4, 0.5) is 0 Å². The molecule has 0 saturated heterocycles. The van der Waals surface area contributed by atoms with Crippen LogP contribution < -0.4 is 9.05 Å². The Bertz CT molecular complexity index is 519. The van der Waals surface area contributed by atoms with Crippen LogP contribution >= 0.6 is 8.38 Å². The van der Waals surface area contributed by atoms with Crippen LogP contribution in [0, 0.1) is 13.8 Å². The maximum absolute atomic E-state index is 6.11. The Morgan fingerprint density at radius 1 is 0.750 bits per heavy atom. The average molecular weight is 288 g/mol. The minimum absolute atomic E-state index is 0.323. The predicted octanol–water partition coefficient (Wildman–Crippen LogP) is 5.48. The molecule has 0 aliphatic heterocycles. The number of para-hydroxylation sites is 2. The van der Waals surface area contributed by atoms with Crippen molar-refractivity contribution in [2.24, 2.45) is 0 Å². The lowest BCUT2D eigenvalue weighted by molar-refractivity contribution is 0.476. The molecule has 0 saturated carbocycles. The summed E-state index contributed by atoms with van der Waals surface area (Å²) in [7, 11) is -1.00. The van der Waals surface area contributed by atoms with E-state index in [1.165, 1.54) is 0 Å². The number of hydrogen-bond donors (Lipinski definition) is 0. The third-order valence-corrected chi connectivity index (χ3v) is 4.58. The topological polar surface area (TPSA) is 18.5 Å². The van der Waals surface area contributed by atoms with Gasteiger partial charge >= 0.3 is 0 Å². The first-order chi connectivity index (χ1) is 9.58. The second kappa shape index (κ2) is 6.76. The summed E-state index contributed by atoms with van der Waals surface area (Å²) in [5.74, 6) is 1.81. The highest BCUT2D eigenvalue weighted by Crippen LogP contribution is 2.45. The third kappa shape index (κ3) is 3.74. The maximum Gasteiger partial charge on any atom is 0.293 e. The number of benzene rings is 2. The van der Waals surface area contributed by atoms with E-state index in [1.54, 1.807) is 0 Å². The van der Waals surface area contributed by atoms with E-state index < -0.39 is 8.38 Å². The SMILES string of the molecule is Cc1ccccc1OP(Oc1ccccc1C)C(C)C. The van der Waals surface area contributed by atoms with Gasteiger partial charge in [0.2, 0.25) is 0 Å². The molecule has 0 spiro atoms.